The molecule has 0 aliphatic carbocycles. The van der Waals surface area contributed by atoms with E-state index in [0.29, 0.717) is 17.9 Å². The number of ether oxygens (including phenoxy) is 2. The van der Waals surface area contributed by atoms with Crippen LogP contribution < -0.4 is 4.74 Å². The number of hydrogen-bond acceptors (Lipinski definition) is 4. The van der Waals surface area contributed by atoms with E-state index in [1.807, 2.05) is 30.3 Å². The molecule has 0 bridgehead atoms. The van der Waals surface area contributed by atoms with Gasteiger partial charge in [-0.15, -0.1) is 0 Å². The Balaban J connectivity index is 1.64. The smallest absolute Gasteiger partial charge is 0.342 e. The lowest BCUT2D eigenvalue weighted by atomic mass is 10.2. The maximum atomic E-state index is 12.5. The van der Waals surface area contributed by atoms with E-state index >= 15 is 0 Å². The van der Waals surface area contributed by atoms with Gasteiger partial charge in [-0.05, 0) is 37.5 Å². The Morgan fingerprint density at radius 1 is 1.00 bits per heavy atom. The van der Waals surface area contributed by atoms with E-state index in [-0.39, 0.29) is 5.91 Å². The van der Waals surface area contributed by atoms with Crippen molar-refractivity contribution >= 4 is 11.9 Å². The summed E-state index contributed by atoms with van der Waals surface area (Å²) in [6.07, 6.45) is 1.20. The summed E-state index contributed by atoms with van der Waals surface area (Å²) in [5, 5.41) is 0. The molecule has 1 fully saturated rings. The van der Waals surface area contributed by atoms with Gasteiger partial charge in [0, 0.05) is 13.1 Å². The normalized spacial score (nSPS) is 14.7. The second-order valence-electron chi connectivity index (χ2n) is 6.35. The maximum absolute atomic E-state index is 12.5. The molecule has 3 rings (SSSR count). The van der Waals surface area contributed by atoms with Gasteiger partial charge in [-0.1, -0.05) is 42.5 Å². The molecule has 0 aromatic heterocycles. The van der Waals surface area contributed by atoms with Gasteiger partial charge in [0.2, 0.25) is 0 Å². The third kappa shape index (κ3) is 4.42. The van der Waals surface area contributed by atoms with E-state index in [1.165, 1.54) is 0 Å². The number of nitrogens with zero attached hydrogens (tertiary/aromatic N) is 1. The Bertz CT molecular complexity index is 754. The number of likely N-dealkylation sites (tertiary alicyclic amines) is 1. The highest BCUT2D eigenvalue weighted by Crippen LogP contribution is 2.21. The van der Waals surface area contributed by atoms with Crippen LogP contribution in [0.15, 0.2) is 54.6 Å². The Morgan fingerprint density at radius 3 is 2.38 bits per heavy atom. The third-order valence-corrected chi connectivity index (χ3v) is 4.39. The number of benzene rings is 2. The van der Waals surface area contributed by atoms with Crippen molar-refractivity contribution < 1.29 is 19.1 Å². The quantitative estimate of drug-likeness (QED) is 0.747. The summed E-state index contributed by atoms with van der Waals surface area (Å²) in [5.41, 5.74) is 1.33. The maximum Gasteiger partial charge on any atom is 0.342 e. The third-order valence-electron chi connectivity index (χ3n) is 4.39. The number of para-hydroxylation sites is 1. The number of carbonyl (C=O) groups excluding carboxylic acids is 2. The Kier molecular flexibility index (Phi) is 5.89. The van der Waals surface area contributed by atoms with Crippen molar-refractivity contribution in [3.05, 3.63) is 65.7 Å². The monoisotopic (exact) mass is 353 g/mol. The number of carbonyl (C=O) groups is 2. The fourth-order valence-electron chi connectivity index (χ4n) is 2.97. The molecule has 1 heterocycles. The van der Waals surface area contributed by atoms with Crippen molar-refractivity contribution in [3.8, 4) is 5.75 Å². The largest absolute Gasteiger partial charge is 0.488 e. The molecule has 0 radical (unpaired) electrons. The highest BCUT2D eigenvalue weighted by atomic mass is 16.5. The lowest BCUT2D eigenvalue weighted by Crippen LogP contribution is -2.38. The predicted octanol–water partition coefficient (Wildman–Crippen LogP) is 3.43. The minimum atomic E-state index is -0.803. The highest BCUT2D eigenvalue weighted by molar-refractivity contribution is 5.94. The number of hydrogen-bond donors (Lipinski definition) is 0. The number of esters is 1. The van der Waals surface area contributed by atoms with Gasteiger partial charge >= 0.3 is 5.97 Å². The van der Waals surface area contributed by atoms with Crippen LogP contribution in [0.25, 0.3) is 0 Å². The molecule has 2 aromatic carbocycles. The second-order valence-corrected chi connectivity index (χ2v) is 6.35. The van der Waals surface area contributed by atoms with Gasteiger partial charge in [0.15, 0.2) is 6.10 Å². The molecule has 5 nitrogen and oxygen atoms in total. The molecular formula is C21H23NO4. The van der Waals surface area contributed by atoms with Crippen molar-refractivity contribution in [2.75, 3.05) is 13.1 Å². The van der Waals surface area contributed by atoms with Crippen molar-refractivity contribution in [3.63, 3.8) is 0 Å². The van der Waals surface area contributed by atoms with E-state index in [1.54, 1.807) is 36.1 Å². The molecule has 2 aromatic rings. The van der Waals surface area contributed by atoms with E-state index < -0.39 is 12.1 Å². The summed E-state index contributed by atoms with van der Waals surface area (Å²) in [5.74, 6) is -0.241. The first-order valence-electron chi connectivity index (χ1n) is 8.90. The Labute approximate surface area is 153 Å². The van der Waals surface area contributed by atoms with Gasteiger partial charge < -0.3 is 14.4 Å². The molecule has 1 atom stereocenters. The number of rotatable bonds is 6. The molecule has 136 valence electrons. The van der Waals surface area contributed by atoms with Crippen LogP contribution in [0, 0.1) is 0 Å². The second kappa shape index (κ2) is 8.52. The average Bonchev–Trinajstić information content (AvgIpc) is 3.21. The van der Waals surface area contributed by atoms with Crippen LogP contribution in [-0.2, 0) is 16.1 Å². The molecule has 1 amide bonds. The Hall–Kier alpha value is -2.82. The Morgan fingerprint density at radius 2 is 1.65 bits per heavy atom. The van der Waals surface area contributed by atoms with Crippen LogP contribution in [-0.4, -0.2) is 36.0 Å². The van der Waals surface area contributed by atoms with Gasteiger partial charge in [-0.25, -0.2) is 4.79 Å². The molecule has 1 aliphatic rings. The standard InChI is InChI=1S/C21H23NO4/c1-16(20(23)22-13-7-8-14-22)26-21(24)18-11-5-6-12-19(18)25-15-17-9-3-2-4-10-17/h2-6,9-12,16H,7-8,13-15H2,1H3. The molecule has 1 unspecified atom stereocenters. The van der Waals surface area contributed by atoms with Crippen LogP contribution in [0.3, 0.4) is 0 Å². The first-order valence-corrected chi connectivity index (χ1v) is 8.90. The van der Waals surface area contributed by atoms with Crippen molar-refractivity contribution in [1.29, 1.82) is 0 Å². The minimum Gasteiger partial charge on any atom is -0.488 e. The molecule has 0 saturated carbocycles. The molecule has 1 saturated heterocycles. The van der Waals surface area contributed by atoms with E-state index in [9.17, 15) is 9.59 Å². The van der Waals surface area contributed by atoms with Crippen molar-refractivity contribution in [2.45, 2.75) is 32.5 Å². The molecule has 1 aliphatic heterocycles. The van der Waals surface area contributed by atoms with Crippen molar-refractivity contribution in [2.24, 2.45) is 0 Å². The van der Waals surface area contributed by atoms with Crippen LogP contribution in [0.5, 0.6) is 5.75 Å². The van der Waals surface area contributed by atoms with Gasteiger partial charge in [0.25, 0.3) is 5.91 Å². The molecule has 0 N–H and O–H groups in total. The van der Waals surface area contributed by atoms with Gasteiger partial charge in [-0.2, -0.15) is 0 Å². The minimum absolute atomic E-state index is 0.140. The van der Waals surface area contributed by atoms with Crippen LogP contribution in [0.2, 0.25) is 0 Å². The topological polar surface area (TPSA) is 55.8 Å². The van der Waals surface area contributed by atoms with Crippen LogP contribution in [0.4, 0.5) is 0 Å². The zero-order chi connectivity index (χ0) is 18.4. The van der Waals surface area contributed by atoms with E-state index in [4.69, 9.17) is 9.47 Å². The van der Waals surface area contributed by atoms with E-state index in [2.05, 4.69) is 0 Å². The molecule has 26 heavy (non-hydrogen) atoms. The zero-order valence-corrected chi connectivity index (χ0v) is 14.9. The summed E-state index contributed by atoms with van der Waals surface area (Å²) in [6.45, 7) is 3.44. The van der Waals surface area contributed by atoms with Gasteiger partial charge in [0.1, 0.15) is 17.9 Å². The SMILES string of the molecule is CC(OC(=O)c1ccccc1OCc1ccccc1)C(=O)N1CCCC1. The summed E-state index contributed by atoms with van der Waals surface area (Å²) in [7, 11) is 0. The average molecular weight is 353 g/mol. The fourth-order valence-corrected chi connectivity index (χ4v) is 2.97. The highest BCUT2D eigenvalue weighted by Gasteiger charge is 2.27. The molecule has 0 spiro atoms. The van der Waals surface area contributed by atoms with Crippen LogP contribution >= 0.6 is 0 Å². The first kappa shape index (κ1) is 18.0. The van der Waals surface area contributed by atoms with Crippen LogP contribution in [0.1, 0.15) is 35.7 Å². The predicted molar refractivity (Wildman–Crippen MR) is 97.9 cm³/mol. The van der Waals surface area contributed by atoms with Crippen molar-refractivity contribution in [1.82, 2.24) is 4.90 Å². The number of amides is 1. The van der Waals surface area contributed by atoms with E-state index in [0.717, 1.165) is 31.5 Å². The zero-order valence-electron chi connectivity index (χ0n) is 14.9. The van der Waals surface area contributed by atoms with Gasteiger partial charge in [-0.3, -0.25) is 4.79 Å². The lowest BCUT2D eigenvalue weighted by Gasteiger charge is -2.20. The first-order chi connectivity index (χ1) is 12.6. The summed E-state index contributed by atoms with van der Waals surface area (Å²) in [6, 6.07) is 16.6. The molecule has 5 heteroatoms. The summed E-state index contributed by atoms with van der Waals surface area (Å²) < 4.78 is 11.2. The van der Waals surface area contributed by atoms with Gasteiger partial charge in [0.05, 0.1) is 0 Å². The molecular weight excluding hydrogens is 330 g/mol. The summed E-state index contributed by atoms with van der Waals surface area (Å²) >= 11 is 0. The lowest BCUT2D eigenvalue weighted by molar-refractivity contribution is -0.138. The summed E-state index contributed by atoms with van der Waals surface area (Å²) in [4.78, 5) is 26.6. The fraction of sp³-hybridized carbons (Fsp3) is 0.333.